The van der Waals surface area contributed by atoms with Crippen molar-refractivity contribution in [2.75, 3.05) is 0 Å². The zero-order chi connectivity index (χ0) is 17.6. The van der Waals surface area contributed by atoms with Crippen molar-refractivity contribution in [3.05, 3.63) is 83.0 Å². The van der Waals surface area contributed by atoms with Gasteiger partial charge in [0.2, 0.25) is 0 Å². The van der Waals surface area contributed by atoms with Gasteiger partial charge in [0, 0.05) is 21.9 Å². The monoisotopic (exact) mass is 355 g/mol. The van der Waals surface area contributed by atoms with Crippen LogP contribution in [0.1, 0.15) is 10.4 Å². The maximum absolute atomic E-state index is 13.9. The summed E-state index contributed by atoms with van der Waals surface area (Å²) in [5, 5.41) is 12.5. The van der Waals surface area contributed by atoms with E-state index in [0.29, 0.717) is 18.5 Å². The highest BCUT2D eigenvalue weighted by Gasteiger charge is 2.17. The average molecular weight is 355 g/mol. The lowest BCUT2D eigenvalue weighted by molar-refractivity contribution is -0.139. The molecule has 0 aliphatic carbocycles. The molecule has 1 unspecified atom stereocenters. The van der Waals surface area contributed by atoms with Crippen LogP contribution in [0.15, 0.2) is 66.7 Å². The van der Waals surface area contributed by atoms with E-state index in [1.165, 1.54) is 17.4 Å². The van der Waals surface area contributed by atoms with E-state index >= 15 is 0 Å². The summed E-state index contributed by atoms with van der Waals surface area (Å²) in [6.07, 6.45) is 0.418. The molecule has 25 heavy (non-hydrogen) atoms. The van der Waals surface area contributed by atoms with E-state index in [4.69, 9.17) is 0 Å². The van der Waals surface area contributed by atoms with Crippen LogP contribution in [-0.2, 0) is 17.8 Å². The predicted octanol–water partition coefficient (Wildman–Crippen LogP) is 4.34. The number of aliphatic carboxylic acids is 1. The fourth-order valence-electron chi connectivity index (χ4n) is 2.60. The van der Waals surface area contributed by atoms with Crippen molar-refractivity contribution in [1.29, 1.82) is 0 Å². The van der Waals surface area contributed by atoms with Crippen LogP contribution < -0.4 is 5.32 Å². The minimum absolute atomic E-state index is 0.253. The van der Waals surface area contributed by atoms with Crippen molar-refractivity contribution < 1.29 is 14.3 Å². The molecule has 0 radical (unpaired) electrons. The van der Waals surface area contributed by atoms with E-state index in [1.807, 2.05) is 42.5 Å². The van der Waals surface area contributed by atoms with E-state index in [-0.39, 0.29) is 5.82 Å². The first-order valence-corrected chi connectivity index (χ1v) is 8.79. The Hall–Kier alpha value is -2.50. The van der Waals surface area contributed by atoms with Gasteiger partial charge in [-0.1, -0.05) is 48.5 Å². The minimum Gasteiger partial charge on any atom is -0.480 e. The highest BCUT2D eigenvalue weighted by molar-refractivity contribution is 7.15. The van der Waals surface area contributed by atoms with Gasteiger partial charge >= 0.3 is 5.97 Å². The standard InChI is InChI=1S/C20H18FNO2S/c21-17-9-5-4-8-16(17)19-11-10-15(25-19)13-22-18(20(23)24)12-14-6-2-1-3-7-14/h1-11,18,22H,12-13H2,(H,23,24). The first-order chi connectivity index (χ1) is 12.1. The molecule has 5 heteroatoms. The molecule has 1 heterocycles. The van der Waals surface area contributed by atoms with E-state index < -0.39 is 12.0 Å². The number of carboxylic acids is 1. The summed E-state index contributed by atoms with van der Waals surface area (Å²) in [5.41, 5.74) is 1.54. The number of carboxylic acid groups (broad SMARTS) is 1. The molecular weight excluding hydrogens is 337 g/mol. The molecular formula is C20H18FNO2S. The number of nitrogens with one attached hydrogen (secondary N) is 1. The number of thiophene rings is 1. The zero-order valence-corrected chi connectivity index (χ0v) is 14.3. The highest BCUT2D eigenvalue weighted by Crippen LogP contribution is 2.30. The third-order valence-electron chi connectivity index (χ3n) is 3.90. The number of carbonyl (C=O) groups is 1. The summed E-state index contributed by atoms with van der Waals surface area (Å²) in [6, 6.07) is 19.3. The molecule has 3 rings (SSSR count). The van der Waals surface area contributed by atoms with Crippen LogP contribution in [0.4, 0.5) is 4.39 Å². The molecule has 0 fully saturated rings. The first kappa shape index (κ1) is 17.3. The van der Waals surface area contributed by atoms with Crippen molar-refractivity contribution in [3.8, 4) is 10.4 Å². The molecule has 3 aromatic rings. The number of benzene rings is 2. The van der Waals surface area contributed by atoms with Gasteiger partial charge in [0.25, 0.3) is 0 Å². The van der Waals surface area contributed by atoms with Gasteiger partial charge in [-0.25, -0.2) is 4.39 Å². The Bertz CT molecular complexity index is 848. The second-order valence-corrected chi connectivity index (χ2v) is 6.88. The molecule has 1 aromatic heterocycles. The number of rotatable bonds is 7. The first-order valence-electron chi connectivity index (χ1n) is 7.97. The smallest absolute Gasteiger partial charge is 0.321 e. The van der Waals surface area contributed by atoms with Crippen molar-refractivity contribution >= 4 is 17.3 Å². The zero-order valence-electron chi connectivity index (χ0n) is 13.5. The molecule has 0 aliphatic heterocycles. The lowest BCUT2D eigenvalue weighted by Gasteiger charge is -2.14. The Morgan fingerprint density at radius 2 is 1.76 bits per heavy atom. The van der Waals surface area contributed by atoms with Gasteiger partial charge in [-0.15, -0.1) is 11.3 Å². The van der Waals surface area contributed by atoms with Crippen molar-refractivity contribution in [3.63, 3.8) is 0 Å². The largest absolute Gasteiger partial charge is 0.480 e. The lowest BCUT2D eigenvalue weighted by Crippen LogP contribution is -2.37. The van der Waals surface area contributed by atoms with E-state index in [1.54, 1.807) is 18.2 Å². The Kier molecular flexibility index (Phi) is 5.58. The molecule has 0 spiro atoms. The van der Waals surface area contributed by atoms with E-state index in [9.17, 15) is 14.3 Å². The Labute approximate surface area is 149 Å². The van der Waals surface area contributed by atoms with Gasteiger partial charge in [0.05, 0.1) is 0 Å². The average Bonchev–Trinajstić information content (AvgIpc) is 3.08. The molecule has 3 nitrogen and oxygen atoms in total. The molecule has 0 bridgehead atoms. The minimum atomic E-state index is -0.880. The van der Waals surface area contributed by atoms with Crippen LogP contribution in [0.2, 0.25) is 0 Å². The molecule has 0 saturated heterocycles. The summed E-state index contributed by atoms with van der Waals surface area (Å²) in [6.45, 7) is 0.433. The summed E-state index contributed by atoms with van der Waals surface area (Å²) in [5.74, 6) is -1.13. The van der Waals surface area contributed by atoms with E-state index in [2.05, 4.69) is 5.32 Å². The third kappa shape index (κ3) is 4.53. The second-order valence-electron chi connectivity index (χ2n) is 5.71. The molecule has 0 amide bonds. The van der Waals surface area contributed by atoms with Crippen LogP contribution in [-0.4, -0.2) is 17.1 Å². The molecule has 128 valence electrons. The lowest BCUT2D eigenvalue weighted by atomic mass is 10.1. The Balaban J connectivity index is 1.66. The van der Waals surface area contributed by atoms with Gasteiger partial charge in [0.15, 0.2) is 0 Å². The Morgan fingerprint density at radius 3 is 2.48 bits per heavy atom. The second kappa shape index (κ2) is 8.05. The fraction of sp³-hybridized carbons (Fsp3) is 0.150. The van der Waals surface area contributed by atoms with Gasteiger partial charge in [-0.3, -0.25) is 10.1 Å². The number of halogens is 1. The van der Waals surface area contributed by atoms with E-state index in [0.717, 1.165) is 15.3 Å². The normalized spacial score (nSPS) is 12.0. The van der Waals surface area contributed by atoms with Crippen LogP contribution in [0.25, 0.3) is 10.4 Å². The van der Waals surface area contributed by atoms with Crippen LogP contribution >= 0.6 is 11.3 Å². The predicted molar refractivity (Wildman–Crippen MR) is 98.1 cm³/mol. The van der Waals surface area contributed by atoms with Gasteiger partial charge in [-0.05, 0) is 30.2 Å². The summed E-state index contributed by atoms with van der Waals surface area (Å²) in [7, 11) is 0. The molecule has 0 saturated carbocycles. The molecule has 2 N–H and O–H groups in total. The molecule has 2 aromatic carbocycles. The maximum atomic E-state index is 13.9. The number of hydrogen-bond donors (Lipinski definition) is 2. The summed E-state index contributed by atoms with van der Waals surface area (Å²) < 4.78 is 13.9. The quantitative estimate of drug-likeness (QED) is 0.663. The van der Waals surface area contributed by atoms with Crippen LogP contribution in [0.5, 0.6) is 0 Å². The van der Waals surface area contributed by atoms with Crippen molar-refractivity contribution in [1.82, 2.24) is 5.32 Å². The van der Waals surface area contributed by atoms with Crippen molar-refractivity contribution in [2.24, 2.45) is 0 Å². The number of hydrogen-bond acceptors (Lipinski definition) is 3. The SMILES string of the molecule is O=C(O)C(Cc1ccccc1)NCc1ccc(-c2ccccc2F)s1. The molecule has 1 atom stereocenters. The summed E-state index contributed by atoms with van der Waals surface area (Å²) in [4.78, 5) is 13.3. The van der Waals surface area contributed by atoms with Crippen LogP contribution in [0.3, 0.4) is 0 Å². The highest BCUT2D eigenvalue weighted by atomic mass is 32.1. The van der Waals surface area contributed by atoms with Crippen LogP contribution in [0, 0.1) is 5.82 Å². The topological polar surface area (TPSA) is 49.3 Å². The fourth-order valence-corrected chi connectivity index (χ4v) is 3.58. The third-order valence-corrected chi connectivity index (χ3v) is 5.02. The van der Waals surface area contributed by atoms with Gasteiger partial charge in [-0.2, -0.15) is 0 Å². The van der Waals surface area contributed by atoms with Gasteiger partial charge < -0.3 is 5.11 Å². The van der Waals surface area contributed by atoms with Gasteiger partial charge in [0.1, 0.15) is 11.9 Å². The molecule has 0 aliphatic rings. The van der Waals surface area contributed by atoms with Crippen molar-refractivity contribution in [2.45, 2.75) is 19.0 Å². The summed E-state index contributed by atoms with van der Waals surface area (Å²) >= 11 is 1.46. The Morgan fingerprint density at radius 1 is 1.04 bits per heavy atom. The maximum Gasteiger partial charge on any atom is 0.321 e.